The van der Waals surface area contributed by atoms with E-state index >= 15 is 0 Å². The first kappa shape index (κ1) is 15.4. The molecule has 1 aliphatic rings. The lowest BCUT2D eigenvalue weighted by molar-refractivity contribution is 0.245. The Labute approximate surface area is 124 Å². The summed E-state index contributed by atoms with van der Waals surface area (Å²) >= 11 is 0. The van der Waals surface area contributed by atoms with Crippen LogP contribution < -0.4 is 10.2 Å². The first-order valence-corrected chi connectivity index (χ1v) is 8.08. The number of anilines is 1. The predicted octanol–water partition coefficient (Wildman–Crippen LogP) is 3.99. The van der Waals surface area contributed by atoms with Crippen molar-refractivity contribution in [2.24, 2.45) is 5.41 Å². The van der Waals surface area contributed by atoms with Gasteiger partial charge in [-0.15, -0.1) is 0 Å². The Balaban J connectivity index is 2.08. The lowest BCUT2D eigenvalue weighted by Crippen LogP contribution is -2.42. The summed E-state index contributed by atoms with van der Waals surface area (Å²) in [6, 6.07) is 8.92. The summed E-state index contributed by atoms with van der Waals surface area (Å²) in [5, 5.41) is 3.45. The third kappa shape index (κ3) is 3.99. The lowest BCUT2D eigenvalue weighted by atomic mass is 9.79. The molecule has 112 valence electrons. The minimum Gasteiger partial charge on any atom is -0.374 e. The summed E-state index contributed by atoms with van der Waals surface area (Å²) in [5.74, 6) is 0. The number of benzene rings is 1. The van der Waals surface area contributed by atoms with Gasteiger partial charge in [-0.1, -0.05) is 43.4 Å². The smallest absolute Gasteiger partial charge is 0.0363 e. The molecule has 2 nitrogen and oxygen atoms in total. The molecule has 1 saturated carbocycles. The van der Waals surface area contributed by atoms with E-state index in [0.29, 0.717) is 5.41 Å². The Morgan fingerprint density at radius 1 is 1.05 bits per heavy atom. The van der Waals surface area contributed by atoms with E-state index in [4.69, 9.17) is 0 Å². The van der Waals surface area contributed by atoms with Crippen LogP contribution in [-0.4, -0.2) is 27.2 Å². The fourth-order valence-electron chi connectivity index (χ4n) is 3.64. The molecule has 0 spiro atoms. The molecule has 0 bridgehead atoms. The Bertz CT molecular complexity index is 388. The zero-order chi connectivity index (χ0) is 14.4. The molecule has 1 aromatic carbocycles. The van der Waals surface area contributed by atoms with E-state index in [0.717, 1.165) is 13.1 Å². The fourth-order valence-corrected chi connectivity index (χ4v) is 3.64. The van der Waals surface area contributed by atoms with Crippen molar-refractivity contribution in [3.63, 3.8) is 0 Å². The highest BCUT2D eigenvalue weighted by Crippen LogP contribution is 2.36. The Morgan fingerprint density at radius 3 is 2.20 bits per heavy atom. The second kappa shape index (κ2) is 7.12. The van der Waals surface area contributed by atoms with Crippen molar-refractivity contribution in [1.29, 1.82) is 0 Å². The van der Waals surface area contributed by atoms with E-state index in [1.54, 1.807) is 0 Å². The zero-order valence-corrected chi connectivity index (χ0v) is 13.4. The van der Waals surface area contributed by atoms with Crippen molar-refractivity contribution in [2.45, 2.75) is 45.4 Å². The van der Waals surface area contributed by atoms with Gasteiger partial charge in [0.2, 0.25) is 0 Å². The topological polar surface area (TPSA) is 15.3 Å². The molecular weight excluding hydrogens is 244 g/mol. The summed E-state index contributed by atoms with van der Waals surface area (Å²) in [6.07, 6.45) is 8.35. The van der Waals surface area contributed by atoms with Crippen LogP contribution in [0.3, 0.4) is 0 Å². The summed E-state index contributed by atoms with van der Waals surface area (Å²) < 4.78 is 0. The number of rotatable bonds is 5. The number of hydrogen-bond acceptors (Lipinski definition) is 2. The molecule has 1 aliphatic carbocycles. The van der Waals surface area contributed by atoms with Gasteiger partial charge in [-0.25, -0.2) is 0 Å². The monoisotopic (exact) mass is 274 g/mol. The van der Waals surface area contributed by atoms with Crippen LogP contribution in [0.25, 0.3) is 0 Å². The van der Waals surface area contributed by atoms with E-state index in [9.17, 15) is 0 Å². The highest BCUT2D eigenvalue weighted by atomic mass is 15.1. The molecule has 0 heterocycles. The van der Waals surface area contributed by atoms with E-state index in [1.165, 1.54) is 49.8 Å². The van der Waals surface area contributed by atoms with Gasteiger partial charge < -0.3 is 10.2 Å². The first-order chi connectivity index (χ1) is 9.65. The van der Waals surface area contributed by atoms with Gasteiger partial charge in [0.05, 0.1) is 0 Å². The second-order valence-electron chi connectivity index (χ2n) is 6.64. The fraction of sp³-hybridized carbons (Fsp3) is 0.667. The number of nitrogens with zero attached hydrogens (tertiary/aromatic N) is 1. The Hall–Kier alpha value is -1.02. The van der Waals surface area contributed by atoms with Gasteiger partial charge in [-0.3, -0.25) is 0 Å². The maximum Gasteiger partial charge on any atom is 0.0363 e. The highest BCUT2D eigenvalue weighted by molar-refractivity contribution is 5.46. The highest BCUT2D eigenvalue weighted by Gasteiger charge is 2.31. The average molecular weight is 274 g/mol. The molecule has 1 aromatic rings. The zero-order valence-electron chi connectivity index (χ0n) is 13.4. The van der Waals surface area contributed by atoms with Crippen LogP contribution in [0.15, 0.2) is 24.3 Å². The number of hydrogen-bond donors (Lipinski definition) is 1. The minimum absolute atomic E-state index is 0.449. The van der Waals surface area contributed by atoms with Crippen LogP contribution in [0.4, 0.5) is 5.69 Å². The van der Waals surface area contributed by atoms with Crippen LogP contribution in [-0.2, 0) is 0 Å². The lowest BCUT2D eigenvalue weighted by Gasteiger charge is -2.37. The van der Waals surface area contributed by atoms with Crippen molar-refractivity contribution in [2.75, 3.05) is 32.1 Å². The van der Waals surface area contributed by atoms with Gasteiger partial charge in [-0.05, 0) is 38.9 Å². The Kier molecular flexibility index (Phi) is 5.47. The summed E-state index contributed by atoms with van der Waals surface area (Å²) in [4.78, 5) is 2.45. The standard InChI is InChI=1S/C18H30N2/c1-16-8-10-17(11-9-16)20(3)15-18(14-19-2)12-6-4-5-7-13-18/h8-11,19H,4-7,12-15H2,1-3H3. The van der Waals surface area contributed by atoms with Gasteiger partial charge >= 0.3 is 0 Å². The SMILES string of the molecule is CNCC1(CN(C)c2ccc(C)cc2)CCCCCC1. The molecule has 0 aromatic heterocycles. The van der Waals surface area contributed by atoms with Crippen LogP contribution >= 0.6 is 0 Å². The van der Waals surface area contributed by atoms with Crippen molar-refractivity contribution >= 4 is 5.69 Å². The molecule has 0 aliphatic heterocycles. The van der Waals surface area contributed by atoms with E-state index in [1.807, 2.05) is 0 Å². The third-order valence-corrected chi connectivity index (χ3v) is 4.76. The molecule has 20 heavy (non-hydrogen) atoms. The largest absolute Gasteiger partial charge is 0.374 e. The number of nitrogens with one attached hydrogen (secondary N) is 1. The molecule has 2 rings (SSSR count). The van der Waals surface area contributed by atoms with Crippen molar-refractivity contribution in [3.8, 4) is 0 Å². The van der Waals surface area contributed by atoms with Gasteiger partial charge in [0, 0.05) is 31.2 Å². The molecule has 0 radical (unpaired) electrons. The summed E-state index contributed by atoms with van der Waals surface area (Å²) in [6.45, 7) is 4.46. The van der Waals surface area contributed by atoms with Gasteiger partial charge in [0.1, 0.15) is 0 Å². The maximum absolute atomic E-state index is 3.45. The molecule has 2 heteroatoms. The molecule has 1 fully saturated rings. The summed E-state index contributed by atoms with van der Waals surface area (Å²) in [7, 11) is 4.34. The maximum atomic E-state index is 3.45. The van der Waals surface area contributed by atoms with Crippen LogP contribution in [0.5, 0.6) is 0 Å². The quantitative estimate of drug-likeness (QED) is 0.817. The molecule has 0 unspecified atom stereocenters. The van der Waals surface area contributed by atoms with Gasteiger partial charge in [0.15, 0.2) is 0 Å². The van der Waals surface area contributed by atoms with Crippen molar-refractivity contribution < 1.29 is 0 Å². The normalized spacial score (nSPS) is 18.6. The second-order valence-corrected chi connectivity index (χ2v) is 6.64. The Morgan fingerprint density at radius 2 is 1.65 bits per heavy atom. The average Bonchev–Trinajstić information content (AvgIpc) is 2.66. The van der Waals surface area contributed by atoms with Gasteiger partial charge in [0.25, 0.3) is 0 Å². The molecular formula is C18H30N2. The van der Waals surface area contributed by atoms with Crippen molar-refractivity contribution in [1.82, 2.24) is 5.32 Å². The van der Waals surface area contributed by atoms with Crippen LogP contribution in [0, 0.1) is 12.3 Å². The van der Waals surface area contributed by atoms with E-state index in [2.05, 4.69) is 55.5 Å². The van der Waals surface area contributed by atoms with Crippen LogP contribution in [0.1, 0.15) is 44.1 Å². The van der Waals surface area contributed by atoms with Crippen LogP contribution in [0.2, 0.25) is 0 Å². The summed E-state index contributed by atoms with van der Waals surface area (Å²) in [5.41, 5.74) is 3.13. The molecule has 0 atom stereocenters. The van der Waals surface area contributed by atoms with E-state index < -0.39 is 0 Å². The molecule has 1 N–H and O–H groups in total. The predicted molar refractivity (Wildman–Crippen MR) is 88.5 cm³/mol. The van der Waals surface area contributed by atoms with Gasteiger partial charge in [-0.2, -0.15) is 0 Å². The molecule has 0 saturated heterocycles. The molecule has 0 amide bonds. The van der Waals surface area contributed by atoms with E-state index in [-0.39, 0.29) is 0 Å². The third-order valence-electron chi connectivity index (χ3n) is 4.76. The van der Waals surface area contributed by atoms with Crippen molar-refractivity contribution in [3.05, 3.63) is 29.8 Å². The number of aryl methyl sites for hydroxylation is 1. The minimum atomic E-state index is 0.449. The first-order valence-electron chi connectivity index (χ1n) is 8.08.